The van der Waals surface area contributed by atoms with Gasteiger partial charge in [-0.3, -0.25) is 5.10 Å². The molecule has 1 rings (SSSR count). The summed E-state index contributed by atoms with van der Waals surface area (Å²) >= 11 is 5.82. The van der Waals surface area contributed by atoms with Gasteiger partial charge in [0.25, 0.3) is 0 Å². The largest absolute Gasteiger partial charge is 0.383 e. The predicted molar refractivity (Wildman–Crippen MR) is 83.0 cm³/mol. The lowest BCUT2D eigenvalue weighted by molar-refractivity contribution is 0.163. The second-order valence-corrected chi connectivity index (χ2v) is 6.93. The van der Waals surface area contributed by atoms with E-state index < -0.39 is 10.0 Å². The van der Waals surface area contributed by atoms with Gasteiger partial charge in [-0.05, 0) is 19.8 Å². The lowest BCUT2D eigenvalue weighted by Crippen LogP contribution is -2.42. The van der Waals surface area contributed by atoms with E-state index in [0.717, 1.165) is 12.8 Å². The van der Waals surface area contributed by atoms with Crippen molar-refractivity contribution in [1.29, 1.82) is 0 Å². The maximum Gasteiger partial charge on any atom is 0.247 e. The highest BCUT2D eigenvalue weighted by molar-refractivity contribution is 7.89. The van der Waals surface area contributed by atoms with Crippen LogP contribution in [-0.2, 0) is 20.6 Å². The number of rotatable bonds is 9. The van der Waals surface area contributed by atoms with Gasteiger partial charge in [0, 0.05) is 19.7 Å². The Balaban J connectivity index is 3.29. The number of aromatic amines is 1. The predicted octanol–water partition coefficient (Wildman–Crippen LogP) is 2.28. The molecule has 0 saturated heterocycles. The fourth-order valence-electron chi connectivity index (χ4n) is 2.40. The number of H-pyrrole nitrogens is 1. The standard InChI is InChI=1S/C13H24ClN3O3S/c1-5-11(6-2)17(7-8-20-4)21(18,19)13-10(3)15-16-12(13)9-14/h11H,5-9H2,1-4H3,(H,15,16). The molecule has 1 N–H and O–H groups in total. The maximum atomic E-state index is 13.0. The number of methoxy groups -OCH3 is 1. The quantitative estimate of drug-likeness (QED) is 0.701. The summed E-state index contributed by atoms with van der Waals surface area (Å²) in [6.45, 7) is 6.32. The summed E-state index contributed by atoms with van der Waals surface area (Å²) in [5.41, 5.74) is 0.876. The lowest BCUT2D eigenvalue weighted by atomic mass is 10.2. The highest BCUT2D eigenvalue weighted by Crippen LogP contribution is 2.26. The first-order chi connectivity index (χ1) is 9.93. The number of ether oxygens (including phenoxy) is 1. The summed E-state index contributed by atoms with van der Waals surface area (Å²) in [6.07, 6.45) is 1.49. The van der Waals surface area contributed by atoms with Crippen molar-refractivity contribution < 1.29 is 13.2 Å². The number of nitrogens with zero attached hydrogens (tertiary/aromatic N) is 2. The number of nitrogens with one attached hydrogen (secondary N) is 1. The van der Waals surface area contributed by atoms with Crippen LogP contribution in [0, 0.1) is 6.92 Å². The molecule has 0 atom stereocenters. The molecule has 0 fully saturated rings. The van der Waals surface area contributed by atoms with Gasteiger partial charge >= 0.3 is 0 Å². The van der Waals surface area contributed by atoms with Crippen molar-refractivity contribution in [3.8, 4) is 0 Å². The second-order valence-electron chi connectivity index (χ2n) is 4.84. The van der Waals surface area contributed by atoms with E-state index in [1.54, 1.807) is 14.0 Å². The fraction of sp³-hybridized carbons (Fsp3) is 0.769. The highest BCUT2D eigenvalue weighted by Gasteiger charge is 2.33. The molecule has 0 saturated carbocycles. The van der Waals surface area contributed by atoms with Gasteiger partial charge in [0.15, 0.2) is 0 Å². The molecule has 6 nitrogen and oxygen atoms in total. The molecule has 1 heterocycles. The Morgan fingerprint density at radius 2 is 2.00 bits per heavy atom. The summed E-state index contributed by atoms with van der Waals surface area (Å²) in [6, 6.07) is -0.0670. The summed E-state index contributed by atoms with van der Waals surface area (Å²) < 4.78 is 32.6. The van der Waals surface area contributed by atoms with Gasteiger partial charge in [0.1, 0.15) is 4.90 Å². The van der Waals surface area contributed by atoms with Crippen LogP contribution in [0.5, 0.6) is 0 Å². The third-order valence-electron chi connectivity index (χ3n) is 3.52. The first kappa shape index (κ1) is 18.4. The molecule has 0 aliphatic rings. The Morgan fingerprint density at radius 1 is 1.38 bits per heavy atom. The van der Waals surface area contributed by atoms with E-state index in [4.69, 9.17) is 16.3 Å². The molecule has 21 heavy (non-hydrogen) atoms. The number of halogens is 1. The Hall–Kier alpha value is -0.630. The monoisotopic (exact) mass is 337 g/mol. The van der Waals surface area contributed by atoms with E-state index >= 15 is 0 Å². The fourth-order valence-corrected chi connectivity index (χ4v) is 4.76. The molecule has 122 valence electrons. The van der Waals surface area contributed by atoms with Gasteiger partial charge in [-0.25, -0.2) is 8.42 Å². The van der Waals surface area contributed by atoms with E-state index in [9.17, 15) is 8.42 Å². The molecule has 0 spiro atoms. The summed E-state index contributed by atoms with van der Waals surface area (Å²) in [4.78, 5) is 0.195. The molecular weight excluding hydrogens is 314 g/mol. The average molecular weight is 338 g/mol. The van der Waals surface area contributed by atoms with Crippen molar-refractivity contribution in [1.82, 2.24) is 14.5 Å². The van der Waals surface area contributed by atoms with Crippen molar-refractivity contribution >= 4 is 21.6 Å². The van der Waals surface area contributed by atoms with Crippen LogP contribution in [0.25, 0.3) is 0 Å². The van der Waals surface area contributed by atoms with Gasteiger partial charge in [0.2, 0.25) is 10.0 Å². The molecular formula is C13H24ClN3O3S. The van der Waals surface area contributed by atoms with Crippen molar-refractivity contribution in [2.24, 2.45) is 0 Å². The van der Waals surface area contributed by atoms with Crippen molar-refractivity contribution in [3.05, 3.63) is 11.4 Å². The molecule has 0 amide bonds. The maximum absolute atomic E-state index is 13.0. The number of hydrogen-bond acceptors (Lipinski definition) is 4. The minimum Gasteiger partial charge on any atom is -0.383 e. The van der Waals surface area contributed by atoms with Crippen LogP contribution < -0.4 is 0 Å². The normalized spacial score (nSPS) is 12.5. The number of aryl methyl sites for hydroxylation is 1. The topological polar surface area (TPSA) is 75.3 Å². The van der Waals surface area contributed by atoms with Crippen molar-refractivity contribution in [2.45, 2.75) is 50.4 Å². The van der Waals surface area contributed by atoms with Crippen LogP contribution in [0.2, 0.25) is 0 Å². The van der Waals surface area contributed by atoms with Crippen LogP contribution in [0.3, 0.4) is 0 Å². The minimum absolute atomic E-state index is 0.0555. The Labute approximate surface area is 131 Å². The van der Waals surface area contributed by atoms with E-state index in [-0.39, 0.29) is 16.8 Å². The van der Waals surface area contributed by atoms with E-state index in [1.165, 1.54) is 4.31 Å². The van der Waals surface area contributed by atoms with Gasteiger partial charge in [-0.15, -0.1) is 11.6 Å². The van der Waals surface area contributed by atoms with Crippen molar-refractivity contribution in [2.75, 3.05) is 20.3 Å². The molecule has 8 heteroatoms. The molecule has 1 aromatic rings. The van der Waals surface area contributed by atoms with Gasteiger partial charge in [-0.1, -0.05) is 13.8 Å². The number of hydrogen-bond donors (Lipinski definition) is 1. The number of aromatic nitrogens is 2. The van der Waals surface area contributed by atoms with Crippen LogP contribution in [0.1, 0.15) is 38.1 Å². The molecule has 0 unspecified atom stereocenters. The van der Waals surface area contributed by atoms with Gasteiger partial charge in [0.05, 0.1) is 23.9 Å². The molecule has 1 aromatic heterocycles. The van der Waals surface area contributed by atoms with E-state index in [2.05, 4.69) is 10.2 Å². The summed E-state index contributed by atoms with van der Waals surface area (Å²) in [7, 11) is -2.09. The number of alkyl halides is 1. The van der Waals surface area contributed by atoms with Crippen LogP contribution in [-0.4, -0.2) is 49.2 Å². The first-order valence-electron chi connectivity index (χ1n) is 7.04. The van der Waals surface area contributed by atoms with E-state index in [1.807, 2.05) is 13.8 Å². The zero-order chi connectivity index (χ0) is 16.0. The third-order valence-corrected chi connectivity index (χ3v) is 5.93. The first-order valence-corrected chi connectivity index (χ1v) is 9.01. The van der Waals surface area contributed by atoms with Gasteiger partial charge in [-0.2, -0.15) is 9.40 Å². The highest BCUT2D eigenvalue weighted by atomic mass is 35.5. The zero-order valence-electron chi connectivity index (χ0n) is 13.0. The van der Waals surface area contributed by atoms with Crippen LogP contribution in [0.4, 0.5) is 0 Å². The third kappa shape index (κ3) is 3.97. The molecule has 0 radical (unpaired) electrons. The van der Waals surface area contributed by atoms with Crippen LogP contribution >= 0.6 is 11.6 Å². The molecule has 0 aromatic carbocycles. The summed E-state index contributed by atoms with van der Waals surface area (Å²) in [5, 5.41) is 6.69. The zero-order valence-corrected chi connectivity index (χ0v) is 14.6. The molecule has 0 aliphatic heterocycles. The Kier molecular flexibility index (Phi) is 7.12. The Bertz CT molecular complexity index is 541. The SMILES string of the molecule is CCC(CC)N(CCOC)S(=O)(=O)c1c(CCl)n[nH]c1C. The Morgan fingerprint density at radius 3 is 2.48 bits per heavy atom. The van der Waals surface area contributed by atoms with Crippen molar-refractivity contribution in [3.63, 3.8) is 0 Å². The van der Waals surface area contributed by atoms with Crippen LogP contribution in [0.15, 0.2) is 4.90 Å². The van der Waals surface area contributed by atoms with Gasteiger partial charge < -0.3 is 4.74 Å². The molecule has 0 aliphatic carbocycles. The molecule has 0 bridgehead atoms. The second kappa shape index (κ2) is 8.12. The minimum atomic E-state index is -3.65. The lowest BCUT2D eigenvalue weighted by Gasteiger charge is -2.29. The van der Waals surface area contributed by atoms with E-state index in [0.29, 0.717) is 24.5 Å². The average Bonchev–Trinajstić information content (AvgIpc) is 2.85. The smallest absolute Gasteiger partial charge is 0.247 e. The number of sulfonamides is 1. The summed E-state index contributed by atoms with van der Waals surface area (Å²) in [5.74, 6) is 0.0555.